The van der Waals surface area contributed by atoms with E-state index in [-0.39, 0.29) is 24.2 Å². The summed E-state index contributed by atoms with van der Waals surface area (Å²) in [6.45, 7) is 1.87. The summed E-state index contributed by atoms with van der Waals surface area (Å²) in [6, 6.07) is 12.7. The largest absolute Gasteiger partial charge is 0.871 e. The van der Waals surface area contributed by atoms with Gasteiger partial charge in [-0.25, -0.2) is 4.79 Å². The third-order valence-corrected chi connectivity index (χ3v) is 4.75. The smallest absolute Gasteiger partial charge is 0.516 e. The molecule has 0 fully saturated rings. The highest BCUT2D eigenvalue weighted by atomic mass is 16.5. The number of aryl methyl sites for hydroxylation is 3. The minimum atomic E-state index is -0.815. The van der Waals surface area contributed by atoms with Crippen LogP contribution in [0.5, 0.6) is 17.2 Å². The molecule has 1 aromatic heterocycles. The molecule has 0 saturated carbocycles. The van der Waals surface area contributed by atoms with E-state index in [0.717, 1.165) is 5.56 Å². The Morgan fingerprint density at radius 2 is 1.72 bits per heavy atom. The van der Waals surface area contributed by atoms with Crippen molar-refractivity contribution in [2.45, 2.75) is 19.8 Å². The van der Waals surface area contributed by atoms with Gasteiger partial charge in [0.15, 0.2) is 5.75 Å². The first-order valence-electron chi connectivity index (χ1n) is 9.80. The number of nitrogens with one attached hydrogen (secondary N) is 2. The van der Waals surface area contributed by atoms with Crippen molar-refractivity contribution in [3.8, 4) is 17.2 Å². The highest BCUT2D eigenvalue weighted by molar-refractivity contribution is 6.02. The van der Waals surface area contributed by atoms with Crippen LogP contribution >= 0.6 is 0 Å². The summed E-state index contributed by atoms with van der Waals surface area (Å²) in [4.78, 5) is 36.1. The van der Waals surface area contributed by atoms with E-state index in [1.54, 1.807) is 24.3 Å². The van der Waals surface area contributed by atoms with Crippen LogP contribution in [0.1, 0.15) is 17.5 Å². The number of carbonyl (C=O) groups excluding carboxylic acids is 2. The van der Waals surface area contributed by atoms with E-state index in [2.05, 4.69) is 10.6 Å². The Labute approximate surface area is 183 Å². The molecule has 1 heterocycles. The predicted molar refractivity (Wildman–Crippen MR) is 118 cm³/mol. The number of rotatable bonds is 7. The van der Waals surface area contributed by atoms with Gasteiger partial charge in [0.25, 0.3) is 5.56 Å². The molecule has 9 heteroatoms. The summed E-state index contributed by atoms with van der Waals surface area (Å²) >= 11 is 0. The number of benzene rings is 2. The van der Waals surface area contributed by atoms with Crippen LogP contribution in [0, 0.1) is 6.92 Å². The standard InChI is InChI=1S/C23H23N3O6/c1-14-6-3-4-8-17(14)32-18-9-5-7-15(10-11-19(28)29)20(18)24-23(31)25-21-16(27)12-13-26(2)22(21)30/h3-9,12-13,27H,10-11H2,1-2H3,(H,28,29)(H2,24,25,31). The number of urea groups is 1. The Kier molecular flexibility index (Phi) is 6.79. The first-order chi connectivity index (χ1) is 15.3. The Bertz CT molecular complexity index is 1220. The van der Waals surface area contributed by atoms with Crippen LogP contribution in [0.25, 0.3) is 0 Å². The van der Waals surface area contributed by atoms with Crippen LogP contribution in [0.3, 0.4) is 0 Å². The lowest BCUT2D eigenvalue weighted by Crippen LogP contribution is -2.28. The highest BCUT2D eigenvalue weighted by Gasteiger charge is 2.17. The topological polar surface area (TPSA) is 135 Å². The summed E-state index contributed by atoms with van der Waals surface area (Å²) in [5, 5.41) is 24.1. The monoisotopic (exact) mass is 437 g/mol. The van der Waals surface area contributed by atoms with Gasteiger partial charge in [-0.2, -0.15) is 0 Å². The van der Waals surface area contributed by atoms with Gasteiger partial charge in [0.05, 0.1) is 5.69 Å². The summed E-state index contributed by atoms with van der Waals surface area (Å²) in [5.74, 6) is -0.474. The molecule has 0 saturated heterocycles. The van der Waals surface area contributed by atoms with Crippen LogP contribution in [0.2, 0.25) is 0 Å². The molecule has 166 valence electrons. The molecule has 0 atom stereocenters. The van der Waals surface area contributed by atoms with Gasteiger partial charge in [-0.3, -0.25) is 4.79 Å². The number of para-hydroxylation sites is 2. The van der Waals surface area contributed by atoms with Crippen molar-refractivity contribution in [2.75, 3.05) is 10.6 Å². The number of ether oxygens (including phenoxy) is 1. The van der Waals surface area contributed by atoms with Gasteiger partial charge in [0, 0.05) is 18.0 Å². The lowest BCUT2D eigenvalue weighted by molar-refractivity contribution is -0.267. The lowest BCUT2D eigenvalue weighted by atomic mass is 10.1. The first kappa shape index (κ1) is 22.4. The summed E-state index contributed by atoms with van der Waals surface area (Å²) in [6.07, 6.45) is 1.46. The molecule has 0 aliphatic carbocycles. The normalized spacial score (nSPS) is 10.4. The molecular formula is C23H23N3O6. The second-order valence-electron chi connectivity index (χ2n) is 7.13. The maximum atomic E-state index is 12.7. The Balaban J connectivity index is 1.94. The minimum Gasteiger partial charge on any atom is -0.871 e. The molecule has 2 amide bonds. The van der Waals surface area contributed by atoms with Crippen LogP contribution in [0.15, 0.2) is 59.5 Å². The number of aromatic nitrogens is 1. The number of carbonyl (C=O) groups is 2. The number of nitrogens with zero attached hydrogens (tertiary/aromatic N) is 1. The van der Waals surface area contributed by atoms with Crippen molar-refractivity contribution >= 4 is 23.4 Å². The summed E-state index contributed by atoms with van der Waals surface area (Å²) in [7, 11) is 1.46. The van der Waals surface area contributed by atoms with Gasteiger partial charge in [-0.05, 0) is 36.6 Å². The van der Waals surface area contributed by atoms with Gasteiger partial charge in [0.1, 0.15) is 17.9 Å². The Morgan fingerprint density at radius 1 is 1.03 bits per heavy atom. The first-order valence-corrected chi connectivity index (χ1v) is 9.80. The molecule has 0 spiro atoms. The molecule has 0 unspecified atom stereocenters. The SMILES string of the molecule is Cc1ccccc1Oc1cccc(CCC(=O)[OH2+])c1NC(=O)Nc1c([O-])ccn(C)c1=O. The summed E-state index contributed by atoms with van der Waals surface area (Å²) < 4.78 is 7.18. The van der Waals surface area contributed by atoms with Gasteiger partial charge >= 0.3 is 12.0 Å². The van der Waals surface area contributed by atoms with Crippen molar-refractivity contribution in [2.24, 2.45) is 7.05 Å². The maximum absolute atomic E-state index is 12.7. The third-order valence-electron chi connectivity index (χ3n) is 4.75. The van der Waals surface area contributed by atoms with Crippen molar-refractivity contribution in [1.82, 2.24) is 4.57 Å². The molecule has 0 aliphatic heterocycles. The zero-order valence-corrected chi connectivity index (χ0v) is 17.6. The molecular weight excluding hydrogens is 414 g/mol. The van der Waals surface area contributed by atoms with Crippen molar-refractivity contribution < 1.29 is 24.5 Å². The fraction of sp³-hybridized carbons (Fsp3) is 0.174. The molecule has 3 aromatic rings. The molecule has 0 bridgehead atoms. The van der Waals surface area contributed by atoms with E-state index in [0.29, 0.717) is 17.1 Å². The van der Waals surface area contributed by atoms with E-state index < -0.39 is 23.3 Å². The predicted octanol–water partition coefficient (Wildman–Crippen LogP) is 2.39. The fourth-order valence-electron chi connectivity index (χ4n) is 3.04. The molecule has 32 heavy (non-hydrogen) atoms. The second-order valence-corrected chi connectivity index (χ2v) is 7.13. The van der Waals surface area contributed by atoms with Gasteiger partial charge in [-0.15, -0.1) is 0 Å². The molecule has 0 radical (unpaired) electrons. The zero-order chi connectivity index (χ0) is 23.3. The number of pyridine rings is 1. The van der Waals surface area contributed by atoms with E-state index in [1.165, 1.54) is 23.9 Å². The molecule has 0 aliphatic rings. The molecule has 4 N–H and O–H groups in total. The summed E-state index contributed by atoms with van der Waals surface area (Å²) in [5.41, 5.74) is 0.688. The zero-order valence-electron chi connectivity index (χ0n) is 17.6. The van der Waals surface area contributed by atoms with Gasteiger partial charge < -0.3 is 30.2 Å². The van der Waals surface area contributed by atoms with Gasteiger partial charge in [0.2, 0.25) is 0 Å². The Hall–Kier alpha value is -4.27. The highest BCUT2D eigenvalue weighted by Crippen LogP contribution is 2.34. The van der Waals surface area contributed by atoms with E-state index in [9.17, 15) is 19.5 Å². The van der Waals surface area contributed by atoms with Crippen molar-refractivity contribution in [1.29, 1.82) is 0 Å². The number of anilines is 2. The van der Waals surface area contributed by atoms with Crippen LogP contribution in [0.4, 0.5) is 16.2 Å². The second kappa shape index (κ2) is 9.69. The van der Waals surface area contributed by atoms with Crippen molar-refractivity contribution in [3.05, 3.63) is 76.2 Å². The van der Waals surface area contributed by atoms with E-state index in [4.69, 9.17) is 9.84 Å². The number of hydrogen-bond acceptors (Lipinski definition) is 5. The number of amides is 2. The van der Waals surface area contributed by atoms with Crippen molar-refractivity contribution in [3.63, 3.8) is 0 Å². The van der Waals surface area contributed by atoms with Crippen LogP contribution in [-0.2, 0) is 18.3 Å². The average molecular weight is 437 g/mol. The average Bonchev–Trinajstić information content (AvgIpc) is 2.75. The van der Waals surface area contributed by atoms with E-state index in [1.807, 2.05) is 25.1 Å². The molecule has 3 rings (SSSR count). The van der Waals surface area contributed by atoms with Crippen LogP contribution in [-0.4, -0.2) is 21.7 Å². The van der Waals surface area contributed by atoms with Crippen LogP contribution < -0.4 is 26.0 Å². The number of hydrogen-bond donors (Lipinski definition) is 2. The van der Waals surface area contributed by atoms with E-state index >= 15 is 0 Å². The molecule has 9 nitrogen and oxygen atoms in total. The molecule has 2 aromatic carbocycles. The minimum absolute atomic E-state index is 0.0476. The maximum Gasteiger partial charge on any atom is 0.516 e. The Morgan fingerprint density at radius 3 is 2.44 bits per heavy atom. The quantitative estimate of drug-likeness (QED) is 0.547. The third kappa shape index (κ3) is 5.25. The lowest BCUT2D eigenvalue weighted by Gasteiger charge is -2.19. The van der Waals surface area contributed by atoms with Gasteiger partial charge in [-0.1, -0.05) is 42.1 Å². The fourth-order valence-corrected chi connectivity index (χ4v) is 3.04.